The van der Waals surface area contributed by atoms with E-state index in [4.69, 9.17) is 18.8 Å². The molecule has 1 aromatic rings. The van der Waals surface area contributed by atoms with Crippen LogP contribution in [0, 0.1) is 0 Å². The van der Waals surface area contributed by atoms with E-state index >= 15 is 0 Å². The summed E-state index contributed by atoms with van der Waals surface area (Å²) in [6.07, 6.45) is 9.81. The Labute approximate surface area is 192 Å². The number of carbonyl (C=O) groups excluding carboxylic acids is 1. The van der Waals surface area contributed by atoms with Gasteiger partial charge in [-0.3, -0.25) is 4.79 Å². The lowest BCUT2D eigenvalue weighted by molar-refractivity contribution is -0.153. The molecule has 0 bridgehead atoms. The predicted octanol–water partition coefficient (Wildman–Crippen LogP) is 4.44. The maximum absolute atomic E-state index is 11.8. The van der Waals surface area contributed by atoms with Gasteiger partial charge in [0.1, 0.15) is 0 Å². The molecule has 7 heteroatoms. The normalized spacial score (nSPS) is 27.5. The van der Waals surface area contributed by atoms with Crippen LogP contribution in [0.2, 0.25) is 6.32 Å². The van der Waals surface area contributed by atoms with E-state index in [1.807, 2.05) is 32.4 Å². The third kappa shape index (κ3) is 4.77. The SMILES string of the molecule is COC1([C@@H]2OB(CC[C@H](NC(C)=O)c3ccccc3)O[C@H]2C2(OC)CCCC2)CCCC1. The highest BCUT2D eigenvalue weighted by molar-refractivity contribution is 6.45. The number of rotatable bonds is 9. The summed E-state index contributed by atoms with van der Waals surface area (Å²) in [5.41, 5.74) is 0.496. The third-order valence-electron chi connectivity index (χ3n) is 7.89. The number of carbonyl (C=O) groups is 1. The van der Waals surface area contributed by atoms with E-state index in [1.54, 1.807) is 6.92 Å². The van der Waals surface area contributed by atoms with Crippen molar-refractivity contribution in [3.8, 4) is 0 Å². The number of benzene rings is 1. The second-order valence-electron chi connectivity index (χ2n) is 9.74. The molecule has 0 aromatic heterocycles. The monoisotopic (exact) mass is 443 g/mol. The van der Waals surface area contributed by atoms with Gasteiger partial charge in [-0.15, -0.1) is 0 Å². The molecule has 0 spiro atoms. The van der Waals surface area contributed by atoms with Gasteiger partial charge in [-0.25, -0.2) is 0 Å². The van der Waals surface area contributed by atoms with Crippen LogP contribution in [0.25, 0.3) is 0 Å². The van der Waals surface area contributed by atoms with Crippen molar-refractivity contribution in [2.45, 2.75) is 100 Å². The van der Waals surface area contributed by atoms with Crippen LogP contribution >= 0.6 is 0 Å². The van der Waals surface area contributed by atoms with Crippen LogP contribution in [0.1, 0.15) is 76.3 Å². The molecule has 4 rings (SSSR count). The fourth-order valence-corrected chi connectivity index (χ4v) is 6.15. The molecule has 0 unspecified atom stereocenters. The lowest BCUT2D eigenvalue weighted by atomic mass is 9.80. The summed E-state index contributed by atoms with van der Waals surface area (Å²) >= 11 is 0. The molecule has 2 aliphatic carbocycles. The Kier molecular flexibility index (Phi) is 7.60. The summed E-state index contributed by atoms with van der Waals surface area (Å²) in [7, 11) is 3.30. The molecule has 2 saturated carbocycles. The van der Waals surface area contributed by atoms with Gasteiger partial charge in [-0.2, -0.15) is 0 Å². The Morgan fingerprint density at radius 2 is 1.50 bits per heavy atom. The van der Waals surface area contributed by atoms with Gasteiger partial charge in [0.2, 0.25) is 5.91 Å². The molecule has 3 aliphatic rings. The molecule has 1 amide bonds. The Morgan fingerprint density at radius 1 is 1.00 bits per heavy atom. The number of hydrogen-bond donors (Lipinski definition) is 1. The smallest absolute Gasteiger partial charge is 0.403 e. The van der Waals surface area contributed by atoms with Crippen LogP contribution in [-0.2, 0) is 23.6 Å². The van der Waals surface area contributed by atoms with Crippen LogP contribution in [0.5, 0.6) is 0 Å². The molecule has 6 nitrogen and oxygen atoms in total. The summed E-state index contributed by atoms with van der Waals surface area (Å²) in [6, 6.07) is 10.0. The Morgan fingerprint density at radius 3 is 1.94 bits per heavy atom. The third-order valence-corrected chi connectivity index (χ3v) is 7.89. The van der Waals surface area contributed by atoms with Crippen LogP contribution in [0.4, 0.5) is 0 Å². The van der Waals surface area contributed by atoms with Crippen LogP contribution in [-0.4, -0.2) is 50.7 Å². The summed E-state index contributed by atoms with van der Waals surface area (Å²) in [6.45, 7) is 1.56. The molecule has 3 fully saturated rings. The molecule has 32 heavy (non-hydrogen) atoms. The molecule has 1 aliphatic heterocycles. The molecule has 1 heterocycles. The standard InChI is InChI=1S/C25H38BNO5/c1-19(28)27-21(20-11-5-4-6-12-20)13-18-26-31-22(24(29-2)14-7-8-15-24)23(32-26)25(30-3)16-9-10-17-25/h4-6,11-12,21-23H,7-10,13-18H2,1-3H3,(H,27,28)/t21-,22+,23+/m0/s1. The van der Waals surface area contributed by atoms with Crippen LogP contribution in [0.15, 0.2) is 30.3 Å². The zero-order valence-electron chi connectivity index (χ0n) is 19.8. The maximum atomic E-state index is 11.8. The lowest BCUT2D eigenvalue weighted by Crippen LogP contribution is -2.56. The van der Waals surface area contributed by atoms with Gasteiger partial charge in [-0.1, -0.05) is 56.0 Å². The highest BCUT2D eigenvalue weighted by Gasteiger charge is 2.59. The average molecular weight is 443 g/mol. The van der Waals surface area contributed by atoms with Gasteiger partial charge >= 0.3 is 7.12 Å². The largest absolute Gasteiger partial charge is 0.457 e. The zero-order chi connectivity index (χ0) is 22.6. The van der Waals surface area contributed by atoms with Gasteiger partial charge in [0.05, 0.1) is 29.5 Å². The van der Waals surface area contributed by atoms with E-state index in [0.717, 1.165) is 63.4 Å². The molecule has 1 aromatic carbocycles. The minimum atomic E-state index is -0.328. The first-order valence-corrected chi connectivity index (χ1v) is 12.3. The summed E-state index contributed by atoms with van der Waals surface area (Å²) < 4.78 is 25.6. The zero-order valence-corrected chi connectivity index (χ0v) is 19.8. The van der Waals surface area contributed by atoms with Crippen molar-refractivity contribution in [3.05, 3.63) is 35.9 Å². The highest BCUT2D eigenvalue weighted by atomic mass is 16.7. The fourth-order valence-electron chi connectivity index (χ4n) is 6.15. The van der Waals surface area contributed by atoms with E-state index in [-0.39, 0.29) is 42.5 Å². The minimum absolute atomic E-state index is 0.0311. The van der Waals surface area contributed by atoms with Crippen LogP contribution < -0.4 is 5.32 Å². The van der Waals surface area contributed by atoms with Crippen molar-refractivity contribution in [1.29, 1.82) is 0 Å². The molecule has 176 valence electrons. The first-order chi connectivity index (χ1) is 15.5. The van der Waals surface area contributed by atoms with Gasteiger partial charge in [0, 0.05) is 21.1 Å². The topological polar surface area (TPSA) is 66.0 Å². The van der Waals surface area contributed by atoms with Gasteiger partial charge in [-0.05, 0) is 44.0 Å². The van der Waals surface area contributed by atoms with Crippen molar-refractivity contribution in [3.63, 3.8) is 0 Å². The predicted molar refractivity (Wildman–Crippen MR) is 124 cm³/mol. The number of methoxy groups -OCH3 is 2. The maximum Gasteiger partial charge on any atom is 0.457 e. The minimum Gasteiger partial charge on any atom is -0.403 e. The number of ether oxygens (including phenoxy) is 2. The van der Waals surface area contributed by atoms with E-state index in [2.05, 4.69) is 17.4 Å². The van der Waals surface area contributed by atoms with Gasteiger partial charge in [0.15, 0.2) is 0 Å². The quantitative estimate of drug-likeness (QED) is 0.572. The van der Waals surface area contributed by atoms with E-state index in [1.165, 1.54) is 0 Å². The molecular formula is C25H38BNO5. The van der Waals surface area contributed by atoms with Crippen molar-refractivity contribution in [2.75, 3.05) is 14.2 Å². The average Bonchev–Trinajstić information content (AvgIpc) is 3.57. The number of amides is 1. The van der Waals surface area contributed by atoms with Gasteiger partial charge < -0.3 is 24.1 Å². The van der Waals surface area contributed by atoms with Gasteiger partial charge in [0.25, 0.3) is 0 Å². The number of nitrogens with one attached hydrogen (secondary N) is 1. The molecule has 0 radical (unpaired) electrons. The Hall–Kier alpha value is -1.41. The molecule has 3 atom stereocenters. The highest BCUT2D eigenvalue weighted by Crippen LogP contribution is 2.49. The lowest BCUT2D eigenvalue weighted by Gasteiger charge is -2.43. The first kappa shape index (κ1) is 23.7. The van der Waals surface area contributed by atoms with Crippen molar-refractivity contribution < 1.29 is 23.6 Å². The van der Waals surface area contributed by atoms with E-state index in [9.17, 15) is 4.79 Å². The Bertz CT molecular complexity index is 716. The van der Waals surface area contributed by atoms with Crippen molar-refractivity contribution in [2.24, 2.45) is 0 Å². The Balaban J connectivity index is 1.51. The second kappa shape index (κ2) is 10.2. The van der Waals surface area contributed by atoms with Crippen molar-refractivity contribution >= 4 is 13.0 Å². The summed E-state index contributed by atoms with van der Waals surface area (Å²) in [5, 5.41) is 3.09. The summed E-state index contributed by atoms with van der Waals surface area (Å²) in [5.74, 6) is -0.0311. The molecule has 1 N–H and O–H groups in total. The molecule has 1 saturated heterocycles. The van der Waals surface area contributed by atoms with Crippen molar-refractivity contribution in [1.82, 2.24) is 5.32 Å². The number of hydrogen-bond acceptors (Lipinski definition) is 5. The summed E-state index contributed by atoms with van der Waals surface area (Å²) in [4.78, 5) is 11.8. The van der Waals surface area contributed by atoms with Crippen LogP contribution in [0.3, 0.4) is 0 Å². The van der Waals surface area contributed by atoms with E-state index in [0.29, 0.717) is 6.32 Å². The second-order valence-corrected chi connectivity index (χ2v) is 9.74. The van der Waals surface area contributed by atoms with E-state index < -0.39 is 0 Å². The molecular weight excluding hydrogens is 405 g/mol. The fraction of sp³-hybridized carbons (Fsp3) is 0.720. The first-order valence-electron chi connectivity index (χ1n) is 12.3.